The molecule has 1 saturated heterocycles. The van der Waals surface area contributed by atoms with Crippen LogP contribution in [0.3, 0.4) is 0 Å². The molecule has 1 aliphatic heterocycles. The molecule has 0 saturated carbocycles. The molecular weight excluding hydrogens is 388 g/mol. The molecule has 1 aliphatic rings. The molecule has 0 bridgehead atoms. The van der Waals surface area contributed by atoms with Crippen LogP contribution < -0.4 is 0 Å². The van der Waals surface area contributed by atoms with E-state index in [9.17, 15) is 17.2 Å². The van der Waals surface area contributed by atoms with Crippen LogP contribution >= 0.6 is 0 Å². The van der Waals surface area contributed by atoms with Crippen molar-refractivity contribution in [3.8, 4) is 11.5 Å². The van der Waals surface area contributed by atoms with E-state index in [4.69, 9.17) is 4.52 Å². The van der Waals surface area contributed by atoms with Gasteiger partial charge in [0.2, 0.25) is 10.0 Å². The maximum absolute atomic E-state index is 13.4. The van der Waals surface area contributed by atoms with Gasteiger partial charge >= 0.3 is 0 Å². The number of halogens is 2. The number of aromatic nitrogens is 2. The van der Waals surface area contributed by atoms with E-state index in [0.717, 1.165) is 6.07 Å². The van der Waals surface area contributed by atoms with Gasteiger partial charge in [-0.15, -0.1) is 0 Å². The van der Waals surface area contributed by atoms with Gasteiger partial charge in [-0.3, -0.25) is 0 Å². The fourth-order valence-electron chi connectivity index (χ4n) is 3.24. The molecule has 2 aromatic carbocycles. The number of piperidine rings is 1. The number of nitrogens with zero attached hydrogens (tertiary/aromatic N) is 3. The lowest BCUT2D eigenvalue weighted by molar-refractivity contribution is 0.307. The van der Waals surface area contributed by atoms with Crippen molar-refractivity contribution in [2.45, 2.75) is 23.7 Å². The highest BCUT2D eigenvalue weighted by molar-refractivity contribution is 7.89. The summed E-state index contributed by atoms with van der Waals surface area (Å²) in [5.41, 5.74) is 0.617. The lowest BCUT2D eigenvalue weighted by Gasteiger charge is -2.29. The van der Waals surface area contributed by atoms with Crippen molar-refractivity contribution < 1.29 is 21.7 Å². The molecular formula is C19H17F2N3O3S. The second-order valence-corrected chi connectivity index (χ2v) is 8.54. The van der Waals surface area contributed by atoms with Crippen LogP contribution in [-0.2, 0) is 10.0 Å². The lowest BCUT2D eigenvalue weighted by atomic mass is 9.97. The second kappa shape index (κ2) is 7.40. The Hall–Kier alpha value is -2.65. The third kappa shape index (κ3) is 3.67. The third-order valence-electron chi connectivity index (χ3n) is 4.79. The van der Waals surface area contributed by atoms with E-state index in [2.05, 4.69) is 10.1 Å². The quantitative estimate of drug-likeness (QED) is 0.663. The Bertz CT molecular complexity index is 1080. The summed E-state index contributed by atoms with van der Waals surface area (Å²) in [7, 11) is -3.74. The molecule has 146 valence electrons. The minimum Gasteiger partial charge on any atom is -0.334 e. The molecule has 28 heavy (non-hydrogen) atoms. The minimum absolute atomic E-state index is 0.0445. The topological polar surface area (TPSA) is 76.3 Å². The highest BCUT2D eigenvalue weighted by atomic mass is 32.2. The van der Waals surface area contributed by atoms with E-state index >= 15 is 0 Å². The van der Waals surface area contributed by atoms with Crippen LogP contribution in [0.1, 0.15) is 24.6 Å². The molecule has 0 amide bonds. The summed E-state index contributed by atoms with van der Waals surface area (Å²) in [6, 6.07) is 10.7. The largest absolute Gasteiger partial charge is 0.334 e. The van der Waals surface area contributed by atoms with E-state index in [-0.39, 0.29) is 29.7 Å². The monoisotopic (exact) mass is 405 g/mol. The summed E-state index contributed by atoms with van der Waals surface area (Å²) in [6.45, 7) is 0.563. The first-order chi connectivity index (χ1) is 13.4. The number of sulfonamides is 1. The summed E-state index contributed by atoms with van der Waals surface area (Å²) < 4.78 is 58.4. The molecule has 0 N–H and O–H groups in total. The Balaban J connectivity index is 1.45. The van der Waals surface area contributed by atoms with Crippen LogP contribution in [0.5, 0.6) is 0 Å². The molecule has 1 aromatic heterocycles. The highest BCUT2D eigenvalue weighted by Crippen LogP contribution is 2.30. The van der Waals surface area contributed by atoms with Gasteiger partial charge < -0.3 is 4.52 Å². The van der Waals surface area contributed by atoms with Gasteiger partial charge in [0.1, 0.15) is 11.6 Å². The maximum atomic E-state index is 13.4. The zero-order chi connectivity index (χ0) is 19.7. The molecule has 4 rings (SSSR count). The number of hydrogen-bond donors (Lipinski definition) is 0. The van der Waals surface area contributed by atoms with Crippen molar-refractivity contribution >= 4 is 10.0 Å². The smallest absolute Gasteiger partial charge is 0.257 e. The second-order valence-electron chi connectivity index (χ2n) is 6.60. The molecule has 0 unspecified atom stereocenters. The molecule has 0 atom stereocenters. The van der Waals surface area contributed by atoms with E-state index in [1.807, 2.05) is 0 Å². The van der Waals surface area contributed by atoms with Crippen molar-refractivity contribution in [3.63, 3.8) is 0 Å². The Kier molecular flexibility index (Phi) is 4.94. The van der Waals surface area contributed by atoms with E-state index in [0.29, 0.717) is 30.1 Å². The molecule has 9 heteroatoms. The number of rotatable bonds is 4. The Morgan fingerprint density at radius 3 is 2.39 bits per heavy atom. The molecule has 2 heterocycles. The summed E-state index contributed by atoms with van der Waals surface area (Å²) >= 11 is 0. The van der Waals surface area contributed by atoms with Gasteiger partial charge in [0.15, 0.2) is 5.82 Å². The van der Waals surface area contributed by atoms with Crippen molar-refractivity contribution in [2.24, 2.45) is 0 Å². The number of benzene rings is 2. The Labute approximate surface area is 160 Å². The lowest BCUT2D eigenvalue weighted by Crippen LogP contribution is -2.38. The average molecular weight is 405 g/mol. The van der Waals surface area contributed by atoms with Gasteiger partial charge in [-0.05, 0) is 55.3 Å². The zero-order valence-electron chi connectivity index (χ0n) is 14.8. The van der Waals surface area contributed by atoms with Crippen molar-refractivity contribution in [3.05, 3.63) is 66.0 Å². The normalized spacial score (nSPS) is 16.4. The number of hydrogen-bond acceptors (Lipinski definition) is 5. The zero-order valence-corrected chi connectivity index (χ0v) is 15.6. The highest BCUT2D eigenvalue weighted by Gasteiger charge is 2.32. The first-order valence-electron chi connectivity index (χ1n) is 8.79. The fourth-order valence-corrected chi connectivity index (χ4v) is 4.74. The van der Waals surface area contributed by atoms with E-state index < -0.39 is 15.8 Å². The molecule has 0 radical (unpaired) electrons. The van der Waals surface area contributed by atoms with Gasteiger partial charge in [-0.2, -0.15) is 9.29 Å². The molecule has 3 aromatic rings. The third-order valence-corrected chi connectivity index (χ3v) is 6.68. The van der Waals surface area contributed by atoms with Crippen LogP contribution in [-0.4, -0.2) is 36.0 Å². The van der Waals surface area contributed by atoms with Gasteiger partial charge in [-0.25, -0.2) is 17.2 Å². The van der Waals surface area contributed by atoms with Crippen LogP contribution in [0.4, 0.5) is 8.78 Å². The van der Waals surface area contributed by atoms with Crippen LogP contribution in [0, 0.1) is 11.6 Å². The molecule has 6 nitrogen and oxygen atoms in total. The van der Waals surface area contributed by atoms with Crippen LogP contribution in [0.2, 0.25) is 0 Å². The maximum Gasteiger partial charge on any atom is 0.257 e. The van der Waals surface area contributed by atoms with Gasteiger partial charge in [0.05, 0.1) is 4.90 Å². The Morgan fingerprint density at radius 1 is 1.00 bits per heavy atom. The van der Waals surface area contributed by atoms with E-state index in [1.54, 1.807) is 12.1 Å². The first-order valence-corrected chi connectivity index (χ1v) is 10.2. The van der Waals surface area contributed by atoms with Gasteiger partial charge in [0.25, 0.3) is 5.89 Å². The van der Waals surface area contributed by atoms with Crippen LogP contribution in [0.15, 0.2) is 57.9 Å². The van der Waals surface area contributed by atoms with Crippen molar-refractivity contribution in [1.29, 1.82) is 0 Å². The Morgan fingerprint density at radius 2 is 1.71 bits per heavy atom. The standard InChI is InChI=1S/C19H17F2N3O3S/c20-15-6-4-14(5-7-15)19-22-18(23-27-19)13-8-10-24(11-9-13)28(25,26)17-3-1-2-16(21)12-17/h1-7,12-13H,8-11H2. The SMILES string of the molecule is O=S(=O)(c1cccc(F)c1)N1CCC(c2noc(-c3ccc(F)cc3)n2)CC1. The summed E-state index contributed by atoms with van der Waals surface area (Å²) in [5.74, 6) is -0.185. The summed E-state index contributed by atoms with van der Waals surface area (Å²) in [4.78, 5) is 4.32. The molecule has 1 fully saturated rings. The molecule has 0 spiro atoms. The summed E-state index contributed by atoms with van der Waals surface area (Å²) in [5, 5.41) is 4.00. The predicted octanol–water partition coefficient (Wildman–Crippen LogP) is 3.58. The minimum atomic E-state index is -3.74. The first kappa shape index (κ1) is 18.7. The van der Waals surface area contributed by atoms with Gasteiger partial charge in [0, 0.05) is 24.6 Å². The van der Waals surface area contributed by atoms with Crippen molar-refractivity contribution in [2.75, 3.05) is 13.1 Å². The predicted molar refractivity (Wildman–Crippen MR) is 96.8 cm³/mol. The van der Waals surface area contributed by atoms with E-state index in [1.165, 1.54) is 34.6 Å². The van der Waals surface area contributed by atoms with Crippen LogP contribution in [0.25, 0.3) is 11.5 Å². The van der Waals surface area contributed by atoms with Gasteiger partial charge in [-0.1, -0.05) is 11.2 Å². The van der Waals surface area contributed by atoms with Crippen molar-refractivity contribution in [1.82, 2.24) is 14.4 Å². The fraction of sp³-hybridized carbons (Fsp3) is 0.263. The molecule has 0 aliphatic carbocycles. The summed E-state index contributed by atoms with van der Waals surface area (Å²) in [6.07, 6.45) is 1.05. The average Bonchev–Trinajstić information content (AvgIpc) is 3.19.